The van der Waals surface area contributed by atoms with Crippen LogP contribution >= 0.6 is 11.3 Å². The van der Waals surface area contributed by atoms with Crippen LogP contribution in [0.4, 0.5) is 9.39 Å². The van der Waals surface area contributed by atoms with Crippen LogP contribution in [0.1, 0.15) is 46.1 Å². The van der Waals surface area contributed by atoms with Crippen LogP contribution in [-0.2, 0) is 29.0 Å². The highest BCUT2D eigenvalue weighted by Gasteiger charge is 2.26. The molecule has 1 N–H and O–H groups in total. The van der Waals surface area contributed by atoms with E-state index < -0.39 is 5.97 Å². The number of carbonyl (C=O) groups excluding carboxylic acids is 2. The van der Waals surface area contributed by atoms with Gasteiger partial charge in [-0.25, -0.2) is 9.18 Å². The van der Waals surface area contributed by atoms with E-state index in [1.54, 1.807) is 12.1 Å². The number of halogens is 1. The summed E-state index contributed by atoms with van der Waals surface area (Å²) >= 11 is 1.46. The summed E-state index contributed by atoms with van der Waals surface area (Å²) in [6, 6.07) is 5.83. The number of rotatable bonds is 4. The number of amides is 1. The molecule has 24 heavy (non-hydrogen) atoms. The Labute approximate surface area is 143 Å². The molecule has 1 aliphatic rings. The first kappa shape index (κ1) is 16.6. The summed E-state index contributed by atoms with van der Waals surface area (Å²) in [5.74, 6) is -0.978. The monoisotopic (exact) mass is 347 g/mol. The Morgan fingerprint density at radius 1 is 1.21 bits per heavy atom. The average molecular weight is 347 g/mol. The molecule has 1 amide bonds. The van der Waals surface area contributed by atoms with Crippen molar-refractivity contribution in [3.8, 4) is 0 Å². The van der Waals surface area contributed by atoms with Crippen LogP contribution < -0.4 is 5.32 Å². The Kier molecular flexibility index (Phi) is 4.94. The van der Waals surface area contributed by atoms with Gasteiger partial charge < -0.3 is 10.1 Å². The fourth-order valence-corrected chi connectivity index (χ4v) is 4.15. The average Bonchev–Trinajstić information content (AvgIpc) is 2.91. The second-order valence-electron chi connectivity index (χ2n) is 5.80. The van der Waals surface area contributed by atoms with E-state index in [1.165, 1.54) is 30.4 Å². The number of hydrogen-bond donors (Lipinski definition) is 1. The number of hydrogen-bond acceptors (Lipinski definition) is 4. The summed E-state index contributed by atoms with van der Waals surface area (Å²) in [6.07, 6.45) is 3.88. The zero-order chi connectivity index (χ0) is 17.1. The van der Waals surface area contributed by atoms with Crippen molar-refractivity contribution in [3.05, 3.63) is 51.7 Å². The first-order chi connectivity index (χ1) is 11.5. The number of nitrogens with one attached hydrogen (secondary N) is 1. The molecule has 1 aromatic carbocycles. The summed E-state index contributed by atoms with van der Waals surface area (Å²) < 4.78 is 18.3. The zero-order valence-corrected chi connectivity index (χ0v) is 14.2. The second-order valence-corrected chi connectivity index (χ2v) is 6.90. The van der Waals surface area contributed by atoms with Gasteiger partial charge in [0.15, 0.2) is 0 Å². The maximum absolute atomic E-state index is 12.9. The lowest BCUT2D eigenvalue weighted by atomic mass is 9.95. The molecule has 0 radical (unpaired) electrons. The molecule has 0 bridgehead atoms. The minimum atomic E-state index is -0.442. The van der Waals surface area contributed by atoms with Crippen molar-refractivity contribution in [3.63, 3.8) is 0 Å². The standard InChI is InChI=1S/C18H18FNO3S/c1-11(21)20-17-16(14-4-2-3-5-15(14)24-17)18(22)23-10-12-6-8-13(19)9-7-12/h6-9H,2-5,10H2,1H3,(H,20,21). The normalized spacial score (nSPS) is 13.2. The molecule has 0 unspecified atom stereocenters. The molecule has 0 aliphatic heterocycles. The van der Waals surface area contributed by atoms with Crippen LogP contribution in [0, 0.1) is 5.82 Å². The third-order valence-electron chi connectivity index (χ3n) is 3.95. The van der Waals surface area contributed by atoms with E-state index in [4.69, 9.17) is 4.74 Å². The van der Waals surface area contributed by atoms with Crippen molar-refractivity contribution in [2.45, 2.75) is 39.2 Å². The highest BCUT2D eigenvalue weighted by atomic mass is 32.1. The number of aryl methyl sites for hydroxylation is 1. The molecule has 0 spiro atoms. The predicted octanol–water partition coefficient (Wildman–Crippen LogP) is 4.08. The lowest BCUT2D eigenvalue weighted by molar-refractivity contribution is -0.114. The van der Waals surface area contributed by atoms with Crippen LogP contribution in [0.2, 0.25) is 0 Å². The molecule has 2 aromatic rings. The van der Waals surface area contributed by atoms with E-state index in [-0.39, 0.29) is 18.3 Å². The molecular weight excluding hydrogens is 329 g/mol. The van der Waals surface area contributed by atoms with E-state index in [0.29, 0.717) is 10.6 Å². The number of ether oxygens (including phenoxy) is 1. The first-order valence-electron chi connectivity index (χ1n) is 7.88. The van der Waals surface area contributed by atoms with Crippen molar-refractivity contribution in [1.29, 1.82) is 0 Å². The first-order valence-corrected chi connectivity index (χ1v) is 8.70. The lowest BCUT2D eigenvalue weighted by Gasteiger charge is -2.12. The topological polar surface area (TPSA) is 55.4 Å². The van der Waals surface area contributed by atoms with E-state index in [2.05, 4.69) is 5.32 Å². The van der Waals surface area contributed by atoms with Crippen LogP contribution in [0.3, 0.4) is 0 Å². The summed E-state index contributed by atoms with van der Waals surface area (Å²) in [4.78, 5) is 25.2. The van der Waals surface area contributed by atoms with Gasteiger partial charge in [-0.1, -0.05) is 12.1 Å². The van der Waals surface area contributed by atoms with Crippen LogP contribution in [-0.4, -0.2) is 11.9 Å². The maximum Gasteiger partial charge on any atom is 0.341 e. The van der Waals surface area contributed by atoms with Gasteiger partial charge >= 0.3 is 5.97 Å². The highest BCUT2D eigenvalue weighted by Crippen LogP contribution is 2.38. The highest BCUT2D eigenvalue weighted by molar-refractivity contribution is 7.17. The molecule has 0 fully saturated rings. The Morgan fingerprint density at radius 3 is 2.62 bits per heavy atom. The molecule has 0 atom stereocenters. The third-order valence-corrected chi connectivity index (χ3v) is 5.16. The second kappa shape index (κ2) is 7.13. The molecule has 0 saturated heterocycles. The molecule has 126 valence electrons. The van der Waals surface area contributed by atoms with Crippen molar-refractivity contribution in [2.24, 2.45) is 0 Å². The van der Waals surface area contributed by atoms with Gasteiger partial charge in [0.25, 0.3) is 0 Å². The molecule has 3 rings (SSSR count). The summed E-state index contributed by atoms with van der Waals surface area (Å²) in [5, 5.41) is 3.31. The Bertz CT molecular complexity index is 767. The fraction of sp³-hybridized carbons (Fsp3) is 0.333. The van der Waals surface area contributed by atoms with Crippen LogP contribution in [0.15, 0.2) is 24.3 Å². The van der Waals surface area contributed by atoms with Crippen LogP contribution in [0.5, 0.6) is 0 Å². The van der Waals surface area contributed by atoms with Gasteiger partial charge in [-0.2, -0.15) is 0 Å². The molecule has 0 saturated carbocycles. The predicted molar refractivity (Wildman–Crippen MR) is 90.8 cm³/mol. The summed E-state index contributed by atoms with van der Waals surface area (Å²) in [5.41, 5.74) is 2.20. The van der Waals surface area contributed by atoms with E-state index in [0.717, 1.165) is 41.7 Å². The molecule has 1 aromatic heterocycles. The van der Waals surface area contributed by atoms with Gasteiger partial charge in [0.05, 0.1) is 5.56 Å². The summed E-state index contributed by atoms with van der Waals surface area (Å²) in [6.45, 7) is 1.50. The van der Waals surface area contributed by atoms with Gasteiger partial charge in [0, 0.05) is 11.8 Å². The van der Waals surface area contributed by atoms with Crippen molar-refractivity contribution >= 4 is 28.2 Å². The Hall–Kier alpha value is -2.21. The zero-order valence-electron chi connectivity index (χ0n) is 13.4. The van der Waals surface area contributed by atoms with E-state index in [9.17, 15) is 14.0 Å². The lowest BCUT2D eigenvalue weighted by Crippen LogP contribution is -2.13. The van der Waals surface area contributed by atoms with Crippen molar-refractivity contribution in [2.75, 3.05) is 5.32 Å². The SMILES string of the molecule is CC(=O)Nc1sc2c(c1C(=O)OCc1ccc(F)cc1)CCCC2. The number of anilines is 1. The number of thiophene rings is 1. The minimum Gasteiger partial charge on any atom is -0.457 e. The number of benzene rings is 1. The van der Waals surface area contributed by atoms with E-state index >= 15 is 0 Å². The Balaban J connectivity index is 1.81. The minimum absolute atomic E-state index is 0.0727. The third kappa shape index (κ3) is 3.64. The number of carbonyl (C=O) groups is 2. The van der Waals surface area contributed by atoms with Gasteiger partial charge in [0.2, 0.25) is 5.91 Å². The van der Waals surface area contributed by atoms with Crippen LogP contribution in [0.25, 0.3) is 0 Å². The number of fused-ring (bicyclic) bond motifs is 1. The molecular formula is C18H18FNO3S. The van der Waals surface area contributed by atoms with Gasteiger partial charge in [0.1, 0.15) is 17.4 Å². The van der Waals surface area contributed by atoms with Gasteiger partial charge in [-0.15, -0.1) is 11.3 Å². The van der Waals surface area contributed by atoms with Gasteiger partial charge in [-0.3, -0.25) is 4.79 Å². The quantitative estimate of drug-likeness (QED) is 0.848. The number of esters is 1. The van der Waals surface area contributed by atoms with Crippen molar-refractivity contribution < 1.29 is 18.7 Å². The van der Waals surface area contributed by atoms with Gasteiger partial charge in [-0.05, 0) is 48.9 Å². The summed E-state index contributed by atoms with van der Waals surface area (Å²) in [7, 11) is 0. The molecule has 4 nitrogen and oxygen atoms in total. The smallest absolute Gasteiger partial charge is 0.341 e. The Morgan fingerprint density at radius 2 is 1.92 bits per heavy atom. The largest absolute Gasteiger partial charge is 0.457 e. The molecule has 6 heteroatoms. The van der Waals surface area contributed by atoms with E-state index in [1.807, 2.05) is 0 Å². The maximum atomic E-state index is 12.9. The molecule has 1 heterocycles. The fourth-order valence-electron chi connectivity index (χ4n) is 2.83. The van der Waals surface area contributed by atoms with Crippen molar-refractivity contribution in [1.82, 2.24) is 0 Å². The molecule has 1 aliphatic carbocycles.